The number of likely N-dealkylation sites (tertiary alicyclic amines) is 1. The second kappa shape index (κ2) is 7.26. The third-order valence-corrected chi connectivity index (χ3v) is 4.75. The molecule has 2 saturated heterocycles. The number of carbonyl (C=O) groups is 2. The predicted molar refractivity (Wildman–Crippen MR) is 78.3 cm³/mol. The van der Waals surface area contributed by atoms with Gasteiger partial charge in [0.1, 0.15) is 0 Å². The maximum Gasteiger partial charge on any atom is 0.317 e. The molecule has 0 spiro atoms. The van der Waals surface area contributed by atoms with Gasteiger partial charge in [-0.15, -0.1) is 0 Å². The van der Waals surface area contributed by atoms with Gasteiger partial charge in [0, 0.05) is 38.3 Å². The van der Waals surface area contributed by atoms with E-state index < -0.39 is 24.0 Å². The molecule has 0 aromatic heterocycles. The van der Waals surface area contributed by atoms with E-state index in [0.717, 1.165) is 0 Å². The van der Waals surface area contributed by atoms with Crippen LogP contribution >= 0.6 is 0 Å². The fourth-order valence-corrected chi connectivity index (χ4v) is 3.23. The van der Waals surface area contributed by atoms with Crippen LogP contribution in [0.5, 0.6) is 0 Å². The van der Waals surface area contributed by atoms with Gasteiger partial charge < -0.3 is 20.1 Å². The first-order chi connectivity index (χ1) is 10.5. The SMILES string of the molecule is CC1CC(C(=O)O)CN(C(=O)NCC2(CF)CCOCC2)C1. The lowest BCUT2D eigenvalue weighted by atomic mass is 9.81. The van der Waals surface area contributed by atoms with Crippen molar-refractivity contribution in [3.63, 3.8) is 0 Å². The zero-order chi connectivity index (χ0) is 16.2. The molecule has 2 unspecified atom stereocenters. The number of rotatable bonds is 4. The Labute approximate surface area is 130 Å². The van der Waals surface area contributed by atoms with Crippen molar-refractivity contribution in [1.29, 1.82) is 0 Å². The van der Waals surface area contributed by atoms with Gasteiger partial charge in [0.2, 0.25) is 0 Å². The summed E-state index contributed by atoms with van der Waals surface area (Å²) < 4.78 is 18.6. The third kappa shape index (κ3) is 4.09. The first kappa shape index (κ1) is 17.0. The minimum absolute atomic E-state index is 0.152. The number of ether oxygens (including phenoxy) is 1. The number of nitrogens with zero attached hydrogens (tertiary/aromatic N) is 1. The van der Waals surface area contributed by atoms with Crippen LogP contribution in [0.4, 0.5) is 9.18 Å². The van der Waals surface area contributed by atoms with Crippen LogP contribution in [0.3, 0.4) is 0 Å². The standard InChI is InChI=1S/C15H25FN2O4/c1-11-6-12(13(19)20)8-18(7-11)14(21)17-10-15(9-16)2-4-22-5-3-15/h11-12H,2-10H2,1H3,(H,17,21)(H,19,20). The number of hydrogen-bond donors (Lipinski definition) is 2. The van der Waals surface area contributed by atoms with E-state index >= 15 is 0 Å². The highest BCUT2D eigenvalue weighted by Gasteiger charge is 2.35. The predicted octanol–water partition coefficient (Wildman–Crippen LogP) is 1.50. The largest absolute Gasteiger partial charge is 0.481 e. The lowest BCUT2D eigenvalue weighted by molar-refractivity contribution is -0.143. The van der Waals surface area contributed by atoms with Crippen molar-refractivity contribution in [3.05, 3.63) is 0 Å². The number of aliphatic carboxylic acids is 1. The fraction of sp³-hybridized carbons (Fsp3) is 0.867. The number of nitrogens with one attached hydrogen (secondary N) is 1. The zero-order valence-electron chi connectivity index (χ0n) is 13.0. The van der Waals surface area contributed by atoms with Crippen LogP contribution in [0.1, 0.15) is 26.2 Å². The monoisotopic (exact) mass is 316 g/mol. The van der Waals surface area contributed by atoms with Crippen LogP contribution in [0.15, 0.2) is 0 Å². The highest BCUT2D eigenvalue weighted by Crippen LogP contribution is 2.30. The van der Waals surface area contributed by atoms with Crippen molar-refractivity contribution in [1.82, 2.24) is 10.2 Å². The average Bonchev–Trinajstić information content (AvgIpc) is 2.53. The van der Waals surface area contributed by atoms with Crippen molar-refractivity contribution >= 4 is 12.0 Å². The molecule has 2 fully saturated rings. The number of carboxylic acids is 1. The van der Waals surface area contributed by atoms with Crippen molar-refractivity contribution < 1.29 is 23.8 Å². The number of piperidine rings is 1. The molecular formula is C15H25FN2O4. The van der Waals surface area contributed by atoms with E-state index in [-0.39, 0.29) is 25.0 Å². The average molecular weight is 316 g/mol. The number of amides is 2. The summed E-state index contributed by atoms with van der Waals surface area (Å²) in [5.74, 6) is -1.24. The molecule has 2 aliphatic rings. The van der Waals surface area contributed by atoms with Gasteiger partial charge in [0.05, 0.1) is 12.6 Å². The number of carbonyl (C=O) groups excluding carboxylic acids is 1. The van der Waals surface area contributed by atoms with Crippen LogP contribution in [-0.2, 0) is 9.53 Å². The Kier molecular flexibility index (Phi) is 5.61. The molecule has 0 aromatic carbocycles. The summed E-state index contributed by atoms with van der Waals surface area (Å²) >= 11 is 0. The summed E-state index contributed by atoms with van der Waals surface area (Å²) in [4.78, 5) is 25.0. The van der Waals surface area contributed by atoms with Crippen LogP contribution < -0.4 is 5.32 Å². The Balaban J connectivity index is 1.89. The van der Waals surface area contributed by atoms with Crippen molar-refractivity contribution in [2.45, 2.75) is 26.2 Å². The van der Waals surface area contributed by atoms with Crippen molar-refractivity contribution in [2.24, 2.45) is 17.3 Å². The lowest BCUT2D eigenvalue weighted by Crippen LogP contribution is -2.52. The Morgan fingerprint density at radius 1 is 1.36 bits per heavy atom. The fourth-order valence-electron chi connectivity index (χ4n) is 3.23. The van der Waals surface area contributed by atoms with E-state index in [0.29, 0.717) is 39.0 Å². The first-order valence-electron chi connectivity index (χ1n) is 7.85. The van der Waals surface area contributed by atoms with E-state index in [1.807, 2.05) is 6.92 Å². The molecule has 2 rings (SSSR count). The van der Waals surface area contributed by atoms with E-state index in [2.05, 4.69) is 5.32 Å². The molecule has 7 heteroatoms. The minimum atomic E-state index is -0.867. The molecule has 0 radical (unpaired) electrons. The maximum absolute atomic E-state index is 13.4. The van der Waals surface area contributed by atoms with E-state index in [1.165, 1.54) is 4.90 Å². The lowest BCUT2D eigenvalue weighted by Gasteiger charge is -2.37. The molecule has 2 N–H and O–H groups in total. The second-order valence-electron chi connectivity index (χ2n) is 6.69. The van der Waals surface area contributed by atoms with Gasteiger partial charge in [0.25, 0.3) is 0 Å². The molecule has 2 atom stereocenters. The topological polar surface area (TPSA) is 78.9 Å². The number of carboxylic acid groups (broad SMARTS) is 1. The Morgan fingerprint density at radius 3 is 2.64 bits per heavy atom. The molecular weight excluding hydrogens is 291 g/mol. The summed E-state index contributed by atoms with van der Waals surface area (Å²) in [5.41, 5.74) is -0.540. The van der Waals surface area contributed by atoms with Gasteiger partial charge in [-0.3, -0.25) is 9.18 Å². The molecule has 126 valence electrons. The number of hydrogen-bond acceptors (Lipinski definition) is 3. The van der Waals surface area contributed by atoms with Crippen LogP contribution in [-0.4, -0.2) is 61.5 Å². The first-order valence-corrected chi connectivity index (χ1v) is 7.85. The quantitative estimate of drug-likeness (QED) is 0.824. The Hall–Kier alpha value is -1.37. The third-order valence-electron chi connectivity index (χ3n) is 4.75. The van der Waals surface area contributed by atoms with Gasteiger partial charge >= 0.3 is 12.0 Å². The Bertz CT molecular complexity index is 412. The summed E-state index contributed by atoms with van der Waals surface area (Å²) in [5, 5.41) is 11.9. The Morgan fingerprint density at radius 2 is 2.05 bits per heavy atom. The van der Waals surface area contributed by atoms with E-state index in [4.69, 9.17) is 9.84 Å². The summed E-state index contributed by atoms with van der Waals surface area (Å²) in [6.45, 7) is 3.53. The van der Waals surface area contributed by atoms with Gasteiger partial charge in [-0.05, 0) is 25.2 Å². The normalized spacial score (nSPS) is 28.2. The summed E-state index contributed by atoms with van der Waals surface area (Å²) in [6, 6.07) is -0.294. The molecule has 22 heavy (non-hydrogen) atoms. The molecule has 2 amide bonds. The van der Waals surface area contributed by atoms with Crippen molar-refractivity contribution in [3.8, 4) is 0 Å². The van der Waals surface area contributed by atoms with Crippen LogP contribution in [0.2, 0.25) is 0 Å². The van der Waals surface area contributed by atoms with Crippen LogP contribution in [0.25, 0.3) is 0 Å². The summed E-state index contributed by atoms with van der Waals surface area (Å²) in [7, 11) is 0. The maximum atomic E-state index is 13.4. The zero-order valence-corrected chi connectivity index (χ0v) is 13.0. The van der Waals surface area contributed by atoms with Gasteiger partial charge in [-0.2, -0.15) is 0 Å². The molecule has 2 heterocycles. The molecule has 6 nitrogen and oxygen atoms in total. The minimum Gasteiger partial charge on any atom is -0.481 e. The molecule has 2 aliphatic heterocycles. The van der Waals surface area contributed by atoms with E-state index in [1.54, 1.807) is 0 Å². The van der Waals surface area contributed by atoms with Gasteiger partial charge in [-0.1, -0.05) is 6.92 Å². The van der Waals surface area contributed by atoms with Gasteiger partial charge in [-0.25, -0.2) is 4.79 Å². The highest BCUT2D eigenvalue weighted by atomic mass is 19.1. The van der Waals surface area contributed by atoms with Crippen molar-refractivity contribution in [2.75, 3.05) is 39.5 Å². The van der Waals surface area contributed by atoms with Gasteiger partial charge in [0.15, 0.2) is 0 Å². The van der Waals surface area contributed by atoms with Crippen LogP contribution in [0, 0.1) is 17.3 Å². The summed E-state index contributed by atoms with van der Waals surface area (Å²) in [6.07, 6.45) is 1.78. The number of halogens is 1. The second-order valence-corrected chi connectivity index (χ2v) is 6.69. The smallest absolute Gasteiger partial charge is 0.317 e. The molecule has 0 saturated carbocycles. The van der Waals surface area contributed by atoms with E-state index in [9.17, 15) is 14.0 Å². The molecule has 0 aliphatic carbocycles. The number of urea groups is 1. The molecule has 0 aromatic rings. The highest BCUT2D eigenvalue weighted by molar-refractivity contribution is 5.76. The molecule has 0 bridgehead atoms. The number of alkyl halides is 1.